The molecule has 0 aliphatic rings. The Balaban J connectivity index is 2.37. The zero-order valence-corrected chi connectivity index (χ0v) is 12.4. The summed E-state index contributed by atoms with van der Waals surface area (Å²) in [6.07, 6.45) is 5.81. The van der Waals surface area contributed by atoms with E-state index in [0.29, 0.717) is 0 Å². The number of aryl methyl sites for hydroxylation is 1. The molecule has 0 aromatic carbocycles. The highest BCUT2D eigenvalue weighted by atomic mass is 32.1. The van der Waals surface area contributed by atoms with Crippen molar-refractivity contribution in [3.8, 4) is 0 Å². The average Bonchev–Trinajstić information content (AvgIpc) is 2.63. The number of nitrogens with zero attached hydrogens (tertiary/aromatic N) is 1. The fourth-order valence-corrected chi connectivity index (χ4v) is 2.95. The highest BCUT2D eigenvalue weighted by molar-refractivity contribution is 7.11. The average molecular weight is 254 g/mol. The topological polar surface area (TPSA) is 24.9 Å². The second kappa shape index (κ2) is 7.83. The molecule has 1 unspecified atom stereocenters. The summed E-state index contributed by atoms with van der Waals surface area (Å²) in [5.74, 6) is 1.50. The highest BCUT2D eigenvalue weighted by Gasteiger charge is 2.10. The van der Waals surface area contributed by atoms with E-state index < -0.39 is 0 Å². The van der Waals surface area contributed by atoms with Gasteiger partial charge in [0.2, 0.25) is 0 Å². The SMILES string of the molecule is CCCC(CNCC(C)C)Cc1cnc(C)s1. The molecule has 0 aliphatic carbocycles. The molecule has 98 valence electrons. The molecular weight excluding hydrogens is 228 g/mol. The van der Waals surface area contributed by atoms with E-state index in [2.05, 4.69) is 38.0 Å². The van der Waals surface area contributed by atoms with Gasteiger partial charge in [0.05, 0.1) is 5.01 Å². The lowest BCUT2D eigenvalue weighted by molar-refractivity contribution is 0.423. The summed E-state index contributed by atoms with van der Waals surface area (Å²) in [4.78, 5) is 5.77. The van der Waals surface area contributed by atoms with Gasteiger partial charge in [-0.2, -0.15) is 0 Å². The Morgan fingerprint density at radius 2 is 2.12 bits per heavy atom. The Labute approximate surface area is 110 Å². The van der Waals surface area contributed by atoms with Crippen molar-refractivity contribution in [3.05, 3.63) is 16.1 Å². The van der Waals surface area contributed by atoms with Gasteiger partial charge in [0.1, 0.15) is 0 Å². The van der Waals surface area contributed by atoms with E-state index in [9.17, 15) is 0 Å². The first kappa shape index (κ1) is 14.7. The number of hydrogen-bond donors (Lipinski definition) is 1. The maximum Gasteiger partial charge on any atom is 0.0896 e. The zero-order valence-electron chi connectivity index (χ0n) is 11.6. The monoisotopic (exact) mass is 254 g/mol. The fourth-order valence-electron chi connectivity index (χ4n) is 2.04. The Morgan fingerprint density at radius 3 is 2.65 bits per heavy atom. The van der Waals surface area contributed by atoms with Crippen molar-refractivity contribution in [2.75, 3.05) is 13.1 Å². The molecule has 0 saturated heterocycles. The number of aromatic nitrogens is 1. The summed E-state index contributed by atoms with van der Waals surface area (Å²) in [5, 5.41) is 4.77. The third kappa shape index (κ3) is 6.18. The van der Waals surface area contributed by atoms with Crippen LogP contribution in [0.5, 0.6) is 0 Å². The van der Waals surface area contributed by atoms with Crippen molar-refractivity contribution in [1.82, 2.24) is 10.3 Å². The van der Waals surface area contributed by atoms with Crippen LogP contribution < -0.4 is 5.32 Å². The van der Waals surface area contributed by atoms with Crippen molar-refractivity contribution in [1.29, 1.82) is 0 Å². The van der Waals surface area contributed by atoms with Crippen molar-refractivity contribution in [3.63, 3.8) is 0 Å². The van der Waals surface area contributed by atoms with Crippen molar-refractivity contribution >= 4 is 11.3 Å². The summed E-state index contributed by atoms with van der Waals surface area (Å²) >= 11 is 1.84. The van der Waals surface area contributed by atoms with Crippen LogP contribution in [0, 0.1) is 18.8 Å². The minimum atomic E-state index is 0.739. The largest absolute Gasteiger partial charge is 0.316 e. The molecule has 0 saturated carbocycles. The van der Waals surface area contributed by atoms with Crippen LogP contribution in [0.1, 0.15) is 43.5 Å². The summed E-state index contributed by atoms with van der Waals surface area (Å²) in [6, 6.07) is 0. The molecule has 1 heterocycles. The van der Waals surface area contributed by atoms with Gasteiger partial charge in [0, 0.05) is 11.1 Å². The lowest BCUT2D eigenvalue weighted by Gasteiger charge is -2.17. The van der Waals surface area contributed by atoms with Crippen LogP contribution in [0.3, 0.4) is 0 Å². The molecule has 1 aromatic rings. The molecule has 0 spiro atoms. The molecule has 0 bridgehead atoms. The van der Waals surface area contributed by atoms with E-state index in [1.165, 1.54) is 29.1 Å². The summed E-state index contributed by atoms with van der Waals surface area (Å²) in [5.41, 5.74) is 0. The van der Waals surface area contributed by atoms with Crippen LogP contribution in [-0.2, 0) is 6.42 Å². The molecule has 0 fully saturated rings. The van der Waals surface area contributed by atoms with Crippen LogP contribution in [0.2, 0.25) is 0 Å². The van der Waals surface area contributed by atoms with Crippen LogP contribution in [0.15, 0.2) is 6.20 Å². The smallest absolute Gasteiger partial charge is 0.0896 e. The second-order valence-corrected chi connectivity index (χ2v) is 6.58. The highest BCUT2D eigenvalue weighted by Crippen LogP contribution is 2.19. The summed E-state index contributed by atoms with van der Waals surface area (Å²) in [6.45, 7) is 11.1. The van der Waals surface area contributed by atoms with Gasteiger partial charge in [-0.25, -0.2) is 4.98 Å². The van der Waals surface area contributed by atoms with Gasteiger partial charge in [-0.1, -0.05) is 27.2 Å². The summed E-state index contributed by atoms with van der Waals surface area (Å²) < 4.78 is 0. The fraction of sp³-hybridized carbons (Fsp3) is 0.786. The van der Waals surface area contributed by atoms with E-state index in [1.807, 2.05) is 17.5 Å². The van der Waals surface area contributed by atoms with Crippen LogP contribution in [0.4, 0.5) is 0 Å². The Hall–Kier alpha value is -0.410. The Morgan fingerprint density at radius 1 is 1.35 bits per heavy atom. The van der Waals surface area contributed by atoms with Crippen molar-refractivity contribution < 1.29 is 0 Å². The summed E-state index contributed by atoms with van der Waals surface area (Å²) in [7, 11) is 0. The Bertz CT molecular complexity index is 307. The Kier molecular flexibility index (Phi) is 6.75. The quantitative estimate of drug-likeness (QED) is 0.766. The van der Waals surface area contributed by atoms with Crippen LogP contribution in [0.25, 0.3) is 0 Å². The number of rotatable bonds is 8. The predicted molar refractivity (Wildman–Crippen MR) is 76.7 cm³/mol. The van der Waals surface area contributed by atoms with E-state index in [1.54, 1.807) is 0 Å². The molecule has 2 nitrogen and oxygen atoms in total. The predicted octanol–water partition coefficient (Wildman–Crippen LogP) is 3.66. The molecule has 1 aromatic heterocycles. The van der Waals surface area contributed by atoms with Gasteiger partial charge in [-0.3, -0.25) is 0 Å². The zero-order chi connectivity index (χ0) is 12.7. The number of hydrogen-bond acceptors (Lipinski definition) is 3. The van der Waals surface area contributed by atoms with Gasteiger partial charge < -0.3 is 5.32 Å². The van der Waals surface area contributed by atoms with E-state index in [-0.39, 0.29) is 0 Å². The molecule has 1 atom stereocenters. The van der Waals surface area contributed by atoms with Gasteiger partial charge >= 0.3 is 0 Å². The lowest BCUT2D eigenvalue weighted by atomic mass is 9.99. The molecule has 0 amide bonds. The van der Waals surface area contributed by atoms with Gasteiger partial charge in [0.25, 0.3) is 0 Å². The minimum absolute atomic E-state index is 0.739. The van der Waals surface area contributed by atoms with E-state index >= 15 is 0 Å². The number of nitrogens with one attached hydrogen (secondary N) is 1. The first-order chi connectivity index (χ1) is 8.11. The second-order valence-electron chi connectivity index (χ2n) is 5.26. The molecule has 1 rings (SSSR count). The molecule has 17 heavy (non-hydrogen) atoms. The maximum atomic E-state index is 4.34. The molecular formula is C14H26N2S. The van der Waals surface area contributed by atoms with Crippen LogP contribution in [-0.4, -0.2) is 18.1 Å². The molecule has 0 aliphatic heterocycles. The molecule has 0 radical (unpaired) electrons. The first-order valence-corrected chi connectivity index (χ1v) is 7.55. The van der Waals surface area contributed by atoms with Gasteiger partial charge in [-0.15, -0.1) is 11.3 Å². The maximum absolute atomic E-state index is 4.34. The molecule has 3 heteroatoms. The lowest BCUT2D eigenvalue weighted by Crippen LogP contribution is -2.27. The first-order valence-electron chi connectivity index (χ1n) is 6.73. The molecule has 1 N–H and O–H groups in total. The minimum Gasteiger partial charge on any atom is -0.316 e. The van der Waals surface area contributed by atoms with Gasteiger partial charge in [0.15, 0.2) is 0 Å². The van der Waals surface area contributed by atoms with Crippen LogP contribution >= 0.6 is 11.3 Å². The standard InChI is InChI=1S/C14H26N2S/c1-5-6-13(9-15-8-11(2)3)7-14-10-16-12(4)17-14/h10-11,13,15H,5-9H2,1-4H3. The normalized spacial score (nSPS) is 13.2. The van der Waals surface area contributed by atoms with Crippen molar-refractivity contribution in [2.24, 2.45) is 11.8 Å². The van der Waals surface area contributed by atoms with Gasteiger partial charge in [-0.05, 0) is 44.7 Å². The number of thiazole rings is 1. The van der Waals surface area contributed by atoms with E-state index in [4.69, 9.17) is 0 Å². The van der Waals surface area contributed by atoms with Crippen molar-refractivity contribution in [2.45, 2.75) is 47.0 Å². The third-order valence-corrected chi connectivity index (χ3v) is 3.78. The third-order valence-electron chi connectivity index (χ3n) is 2.84. The van der Waals surface area contributed by atoms with E-state index in [0.717, 1.165) is 24.9 Å².